The average molecular weight is 730 g/mol. The van der Waals surface area contributed by atoms with E-state index in [0.717, 1.165) is 94.3 Å². The maximum Gasteiger partial charge on any atom is 0.159 e. The lowest BCUT2D eigenvalue weighted by molar-refractivity contribution is 0.668. The maximum atomic E-state index is 6.95. The normalized spacial score (nSPS) is 11.5. The summed E-state index contributed by atoms with van der Waals surface area (Å²) < 4.78 is 13.7. The minimum atomic E-state index is 0.823. The zero-order valence-corrected chi connectivity index (χ0v) is 31.0. The van der Waals surface area contributed by atoms with Gasteiger partial charge in [0.15, 0.2) is 5.58 Å². The molecule has 0 saturated heterocycles. The summed E-state index contributed by atoms with van der Waals surface area (Å²) in [6.45, 7) is 0. The van der Waals surface area contributed by atoms with Crippen LogP contribution in [0.5, 0.6) is 0 Å². The number of nitrogens with zero attached hydrogens (tertiary/aromatic N) is 1. The highest BCUT2D eigenvalue weighted by molar-refractivity contribution is 6.19. The third-order valence-corrected chi connectivity index (χ3v) is 11.1. The van der Waals surface area contributed by atoms with Crippen molar-refractivity contribution in [1.29, 1.82) is 0 Å². The number of rotatable bonds is 7. The highest BCUT2D eigenvalue weighted by Crippen LogP contribution is 2.49. The SMILES string of the molecule is c1ccc(-c2ccc(-c3cccc(N(c4cccc5c4oc4cc(-c6ccccc6)ccc45)c4ccc(-c5ccccc5)c5oc6ccccc6c45)c3)cc2)cc1. The number of anilines is 3. The van der Waals surface area contributed by atoms with E-state index in [1.807, 2.05) is 12.1 Å². The Kier molecular flexibility index (Phi) is 7.82. The monoisotopic (exact) mass is 729 g/mol. The molecule has 2 heterocycles. The molecule has 0 aliphatic carbocycles. The van der Waals surface area contributed by atoms with Gasteiger partial charge in [-0.1, -0.05) is 164 Å². The average Bonchev–Trinajstić information content (AvgIpc) is 3.87. The second kappa shape index (κ2) is 13.6. The second-order valence-electron chi connectivity index (χ2n) is 14.5. The van der Waals surface area contributed by atoms with Gasteiger partial charge in [0.2, 0.25) is 0 Å². The van der Waals surface area contributed by atoms with Crippen LogP contribution in [0.25, 0.3) is 88.4 Å². The van der Waals surface area contributed by atoms with Crippen molar-refractivity contribution in [2.45, 2.75) is 0 Å². The third kappa shape index (κ3) is 5.68. The molecule has 0 radical (unpaired) electrons. The first-order valence-electron chi connectivity index (χ1n) is 19.3. The van der Waals surface area contributed by atoms with Gasteiger partial charge in [0, 0.05) is 27.4 Å². The Hall–Kier alpha value is -7.62. The van der Waals surface area contributed by atoms with Crippen molar-refractivity contribution in [3.8, 4) is 44.5 Å². The van der Waals surface area contributed by atoms with Gasteiger partial charge in [-0.3, -0.25) is 0 Å². The molecule has 9 aromatic carbocycles. The van der Waals surface area contributed by atoms with Crippen LogP contribution in [0.15, 0.2) is 221 Å². The van der Waals surface area contributed by atoms with Gasteiger partial charge in [-0.25, -0.2) is 0 Å². The van der Waals surface area contributed by atoms with Gasteiger partial charge in [-0.05, 0) is 87.5 Å². The van der Waals surface area contributed by atoms with Crippen molar-refractivity contribution in [2.24, 2.45) is 0 Å². The zero-order chi connectivity index (χ0) is 37.7. The summed E-state index contributed by atoms with van der Waals surface area (Å²) in [5.74, 6) is 0. The lowest BCUT2D eigenvalue weighted by Gasteiger charge is -2.27. The van der Waals surface area contributed by atoms with Crippen LogP contribution in [0.3, 0.4) is 0 Å². The van der Waals surface area contributed by atoms with Gasteiger partial charge in [0.1, 0.15) is 16.7 Å². The summed E-state index contributed by atoms with van der Waals surface area (Å²) in [7, 11) is 0. The molecule has 3 heteroatoms. The minimum Gasteiger partial charge on any atom is -0.455 e. The Morgan fingerprint density at radius 3 is 1.60 bits per heavy atom. The number of benzene rings is 9. The van der Waals surface area contributed by atoms with E-state index in [9.17, 15) is 0 Å². The topological polar surface area (TPSA) is 29.5 Å². The fourth-order valence-electron chi connectivity index (χ4n) is 8.33. The first-order valence-corrected chi connectivity index (χ1v) is 19.3. The van der Waals surface area contributed by atoms with Crippen LogP contribution in [0.2, 0.25) is 0 Å². The zero-order valence-electron chi connectivity index (χ0n) is 31.0. The van der Waals surface area contributed by atoms with Crippen molar-refractivity contribution in [1.82, 2.24) is 0 Å². The molecule has 11 rings (SSSR count). The highest BCUT2D eigenvalue weighted by atomic mass is 16.3. The van der Waals surface area contributed by atoms with Crippen LogP contribution in [-0.2, 0) is 0 Å². The van der Waals surface area contributed by atoms with Crippen LogP contribution in [0.4, 0.5) is 17.1 Å². The largest absolute Gasteiger partial charge is 0.455 e. The van der Waals surface area contributed by atoms with Crippen LogP contribution in [0.1, 0.15) is 0 Å². The van der Waals surface area contributed by atoms with Gasteiger partial charge >= 0.3 is 0 Å². The van der Waals surface area contributed by atoms with Gasteiger partial charge in [-0.2, -0.15) is 0 Å². The molecule has 0 atom stereocenters. The molecule has 11 aromatic rings. The molecule has 2 aromatic heterocycles. The molecule has 0 spiro atoms. The van der Waals surface area contributed by atoms with E-state index in [-0.39, 0.29) is 0 Å². The molecular formula is C54H35NO2. The summed E-state index contributed by atoms with van der Waals surface area (Å²) in [5, 5.41) is 4.25. The van der Waals surface area contributed by atoms with Gasteiger partial charge in [0.05, 0.1) is 16.8 Å². The number of para-hydroxylation sites is 2. The number of furan rings is 2. The molecule has 0 aliphatic rings. The molecule has 0 N–H and O–H groups in total. The van der Waals surface area contributed by atoms with Crippen LogP contribution in [-0.4, -0.2) is 0 Å². The molecule has 0 saturated carbocycles. The summed E-state index contributed by atoms with van der Waals surface area (Å²) in [5.41, 5.74) is 15.4. The van der Waals surface area contributed by atoms with E-state index in [1.54, 1.807) is 0 Å². The Bertz CT molecular complexity index is 3220. The Balaban J connectivity index is 1.15. The fourth-order valence-corrected chi connectivity index (χ4v) is 8.33. The van der Waals surface area contributed by atoms with Crippen molar-refractivity contribution in [2.75, 3.05) is 4.90 Å². The third-order valence-electron chi connectivity index (χ3n) is 11.1. The maximum absolute atomic E-state index is 6.95. The summed E-state index contributed by atoms with van der Waals surface area (Å²) in [6, 6.07) is 74.9. The molecule has 0 bridgehead atoms. The molecule has 0 aliphatic heterocycles. The Morgan fingerprint density at radius 2 is 0.842 bits per heavy atom. The van der Waals surface area contributed by atoms with E-state index < -0.39 is 0 Å². The second-order valence-corrected chi connectivity index (χ2v) is 14.5. The Labute approximate surface area is 330 Å². The first kappa shape index (κ1) is 32.8. The van der Waals surface area contributed by atoms with Crippen molar-refractivity contribution < 1.29 is 8.83 Å². The predicted octanol–water partition coefficient (Wildman–Crippen LogP) is 15.6. The molecule has 0 unspecified atom stereocenters. The minimum absolute atomic E-state index is 0.823. The smallest absolute Gasteiger partial charge is 0.159 e. The van der Waals surface area contributed by atoms with Crippen LogP contribution in [0, 0.1) is 0 Å². The quantitative estimate of drug-likeness (QED) is 0.164. The van der Waals surface area contributed by atoms with Crippen molar-refractivity contribution >= 4 is 60.9 Å². The molecule has 0 amide bonds. The van der Waals surface area contributed by atoms with Crippen LogP contribution < -0.4 is 4.90 Å². The number of fused-ring (bicyclic) bond motifs is 6. The molecule has 3 nitrogen and oxygen atoms in total. The molecule has 57 heavy (non-hydrogen) atoms. The molecule has 0 fully saturated rings. The number of hydrogen-bond donors (Lipinski definition) is 0. The van der Waals surface area contributed by atoms with E-state index >= 15 is 0 Å². The standard InChI is InChI=1S/C54H35NO2/c1-4-14-36(15-5-1)38-26-28-39(29-27-38)41-20-12-21-43(34-41)55(48-33-32-44(40-18-8-3-9-19-40)54-52(48)47-22-10-11-25-50(47)56-54)49-24-13-23-46-45-31-30-42(35-51(45)57-53(46)49)37-16-6-2-7-17-37/h1-35H. The molecule has 268 valence electrons. The fraction of sp³-hybridized carbons (Fsp3) is 0. The van der Waals surface area contributed by atoms with Gasteiger partial charge < -0.3 is 13.7 Å². The summed E-state index contributed by atoms with van der Waals surface area (Å²) >= 11 is 0. The van der Waals surface area contributed by atoms with E-state index in [1.165, 1.54) is 11.1 Å². The lowest BCUT2D eigenvalue weighted by atomic mass is 9.98. The van der Waals surface area contributed by atoms with Gasteiger partial charge in [-0.15, -0.1) is 0 Å². The summed E-state index contributed by atoms with van der Waals surface area (Å²) in [6.07, 6.45) is 0. The van der Waals surface area contributed by atoms with Crippen molar-refractivity contribution in [3.63, 3.8) is 0 Å². The first-order chi connectivity index (χ1) is 28.3. The van der Waals surface area contributed by atoms with Crippen LogP contribution >= 0.6 is 0 Å². The van der Waals surface area contributed by atoms with E-state index in [4.69, 9.17) is 8.83 Å². The van der Waals surface area contributed by atoms with Crippen molar-refractivity contribution in [3.05, 3.63) is 212 Å². The van der Waals surface area contributed by atoms with Gasteiger partial charge in [0.25, 0.3) is 0 Å². The predicted molar refractivity (Wildman–Crippen MR) is 237 cm³/mol. The Morgan fingerprint density at radius 1 is 0.298 bits per heavy atom. The molecular weight excluding hydrogens is 695 g/mol. The summed E-state index contributed by atoms with van der Waals surface area (Å²) in [4.78, 5) is 2.35. The lowest BCUT2D eigenvalue weighted by Crippen LogP contribution is -2.11. The highest BCUT2D eigenvalue weighted by Gasteiger charge is 2.25. The van der Waals surface area contributed by atoms with E-state index in [0.29, 0.717) is 0 Å². The number of hydrogen-bond acceptors (Lipinski definition) is 3. The van der Waals surface area contributed by atoms with E-state index in [2.05, 4.69) is 205 Å².